The Morgan fingerprint density at radius 1 is 1.70 bits per heavy atom. The van der Waals surface area contributed by atoms with E-state index >= 15 is 0 Å². The predicted octanol–water partition coefficient (Wildman–Crippen LogP) is 1.61. The fourth-order valence-electron chi connectivity index (χ4n) is 1.32. The number of fused-ring (bicyclic) bond motifs is 1. The van der Waals surface area contributed by atoms with E-state index in [1.807, 2.05) is 12.3 Å². The number of hydrogen-bond donors (Lipinski definition) is 1. The number of anilines is 1. The molecule has 0 fully saturated rings. The lowest BCUT2D eigenvalue weighted by molar-refractivity contribution is 0.854. The molecule has 10 heavy (non-hydrogen) atoms. The highest BCUT2D eigenvalue weighted by atomic mass is 15.0. The van der Waals surface area contributed by atoms with Crippen molar-refractivity contribution in [1.29, 1.82) is 0 Å². The quantitative estimate of drug-likeness (QED) is 0.583. The van der Waals surface area contributed by atoms with Gasteiger partial charge in [0.1, 0.15) is 5.82 Å². The Morgan fingerprint density at radius 3 is 3.40 bits per heavy atom. The molecule has 1 atom stereocenters. The van der Waals surface area contributed by atoms with E-state index in [1.165, 1.54) is 5.56 Å². The van der Waals surface area contributed by atoms with Gasteiger partial charge in [-0.25, -0.2) is 4.98 Å². The van der Waals surface area contributed by atoms with E-state index < -0.39 is 0 Å². The van der Waals surface area contributed by atoms with Crippen molar-refractivity contribution in [3.63, 3.8) is 0 Å². The fourth-order valence-corrected chi connectivity index (χ4v) is 1.32. The maximum absolute atomic E-state index is 4.20. The zero-order valence-corrected chi connectivity index (χ0v) is 5.96. The van der Waals surface area contributed by atoms with Crippen LogP contribution in [-0.4, -0.2) is 11.5 Å². The molecule has 1 unspecified atom stereocenters. The van der Waals surface area contributed by atoms with Gasteiger partial charge in [-0.05, 0) is 11.6 Å². The highest BCUT2D eigenvalue weighted by Gasteiger charge is 2.17. The van der Waals surface area contributed by atoms with Gasteiger partial charge in [0.2, 0.25) is 0 Å². The molecule has 2 rings (SSSR count). The molecule has 2 heterocycles. The van der Waals surface area contributed by atoms with Gasteiger partial charge in [-0.1, -0.05) is 13.0 Å². The van der Waals surface area contributed by atoms with Gasteiger partial charge in [0.05, 0.1) is 0 Å². The number of nitrogens with zero attached hydrogens (tertiary/aromatic N) is 1. The van der Waals surface area contributed by atoms with Gasteiger partial charge < -0.3 is 5.32 Å². The lowest BCUT2D eigenvalue weighted by Crippen LogP contribution is -1.96. The average Bonchev–Trinajstić information content (AvgIpc) is 2.34. The second-order valence-electron chi connectivity index (χ2n) is 2.72. The minimum Gasteiger partial charge on any atom is -0.369 e. The molecular formula is C8H10N2. The van der Waals surface area contributed by atoms with Crippen LogP contribution in [-0.2, 0) is 0 Å². The van der Waals surface area contributed by atoms with Gasteiger partial charge in [-0.2, -0.15) is 0 Å². The zero-order chi connectivity index (χ0) is 6.97. The molecule has 0 saturated carbocycles. The number of rotatable bonds is 0. The molecule has 1 aliphatic heterocycles. The number of nitrogens with one attached hydrogen (secondary N) is 1. The van der Waals surface area contributed by atoms with Crippen LogP contribution in [0.2, 0.25) is 0 Å². The van der Waals surface area contributed by atoms with Crippen LogP contribution in [0.5, 0.6) is 0 Å². The summed E-state index contributed by atoms with van der Waals surface area (Å²) in [5, 5.41) is 3.24. The molecule has 2 nitrogen and oxygen atoms in total. The molecule has 2 heteroatoms. The van der Waals surface area contributed by atoms with E-state index in [-0.39, 0.29) is 0 Å². The number of hydrogen-bond acceptors (Lipinski definition) is 2. The van der Waals surface area contributed by atoms with Gasteiger partial charge in [-0.3, -0.25) is 0 Å². The Hall–Kier alpha value is -1.05. The summed E-state index contributed by atoms with van der Waals surface area (Å²) in [7, 11) is 0. The van der Waals surface area contributed by atoms with Crippen molar-refractivity contribution < 1.29 is 0 Å². The summed E-state index contributed by atoms with van der Waals surface area (Å²) in [5.41, 5.74) is 1.35. The van der Waals surface area contributed by atoms with Crippen molar-refractivity contribution in [2.75, 3.05) is 11.9 Å². The van der Waals surface area contributed by atoms with Crippen LogP contribution in [0.15, 0.2) is 18.3 Å². The lowest BCUT2D eigenvalue weighted by Gasteiger charge is -1.97. The average molecular weight is 134 g/mol. The Labute approximate surface area is 60.3 Å². The summed E-state index contributed by atoms with van der Waals surface area (Å²) in [6, 6.07) is 4.12. The molecule has 0 aliphatic carbocycles. The first-order valence-electron chi connectivity index (χ1n) is 3.56. The van der Waals surface area contributed by atoms with Crippen LogP contribution in [0.1, 0.15) is 18.4 Å². The molecule has 1 aromatic heterocycles. The summed E-state index contributed by atoms with van der Waals surface area (Å²) >= 11 is 0. The van der Waals surface area contributed by atoms with Crippen molar-refractivity contribution in [2.45, 2.75) is 12.8 Å². The van der Waals surface area contributed by atoms with Gasteiger partial charge in [0, 0.05) is 18.7 Å². The molecular weight excluding hydrogens is 124 g/mol. The van der Waals surface area contributed by atoms with E-state index in [9.17, 15) is 0 Å². The van der Waals surface area contributed by atoms with Crippen molar-refractivity contribution >= 4 is 5.82 Å². The van der Waals surface area contributed by atoms with E-state index in [0.717, 1.165) is 12.4 Å². The van der Waals surface area contributed by atoms with Crippen LogP contribution in [0, 0.1) is 0 Å². The number of pyridine rings is 1. The van der Waals surface area contributed by atoms with E-state index in [2.05, 4.69) is 23.3 Å². The first-order valence-corrected chi connectivity index (χ1v) is 3.56. The molecule has 0 aromatic carbocycles. The lowest BCUT2D eigenvalue weighted by atomic mass is 10.1. The third kappa shape index (κ3) is 0.685. The zero-order valence-electron chi connectivity index (χ0n) is 5.96. The molecule has 0 bridgehead atoms. The maximum atomic E-state index is 4.20. The van der Waals surface area contributed by atoms with Gasteiger partial charge in [0.25, 0.3) is 0 Å². The summed E-state index contributed by atoms with van der Waals surface area (Å²) < 4.78 is 0. The largest absolute Gasteiger partial charge is 0.369 e. The Bertz CT molecular complexity index is 245. The van der Waals surface area contributed by atoms with Crippen molar-refractivity contribution in [1.82, 2.24) is 4.98 Å². The van der Waals surface area contributed by atoms with Gasteiger partial charge >= 0.3 is 0 Å². The third-order valence-electron chi connectivity index (χ3n) is 1.95. The second-order valence-corrected chi connectivity index (χ2v) is 2.72. The summed E-state index contributed by atoms with van der Waals surface area (Å²) in [4.78, 5) is 4.20. The molecule has 0 radical (unpaired) electrons. The summed E-state index contributed by atoms with van der Waals surface area (Å²) in [6.45, 7) is 3.24. The molecule has 52 valence electrons. The van der Waals surface area contributed by atoms with Crippen LogP contribution in [0.4, 0.5) is 5.82 Å². The highest BCUT2D eigenvalue weighted by Crippen LogP contribution is 2.27. The van der Waals surface area contributed by atoms with Crippen LogP contribution >= 0.6 is 0 Å². The Balaban J connectivity index is 2.51. The Morgan fingerprint density at radius 2 is 2.60 bits per heavy atom. The van der Waals surface area contributed by atoms with E-state index in [1.54, 1.807) is 0 Å². The van der Waals surface area contributed by atoms with E-state index in [0.29, 0.717) is 5.92 Å². The molecule has 0 saturated heterocycles. The SMILES string of the molecule is CC1CNc2ncccc21. The van der Waals surface area contributed by atoms with E-state index in [4.69, 9.17) is 0 Å². The fraction of sp³-hybridized carbons (Fsp3) is 0.375. The first kappa shape index (κ1) is 5.71. The summed E-state index contributed by atoms with van der Waals surface area (Å²) in [5.74, 6) is 1.69. The van der Waals surface area contributed by atoms with Crippen molar-refractivity contribution in [2.24, 2.45) is 0 Å². The topological polar surface area (TPSA) is 24.9 Å². The van der Waals surface area contributed by atoms with Crippen LogP contribution in [0.25, 0.3) is 0 Å². The third-order valence-corrected chi connectivity index (χ3v) is 1.95. The van der Waals surface area contributed by atoms with Crippen LogP contribution in [0.3, 0.4) is 0 Å². The van der Waals surface area contributed by atoms with Crippen molar-refractivity contribution in [3.05, 3.63) is 23.9 Å². The van der Waals surface area contributed by atoms with Gasteiger partial charge in [-0.15, -0.1) is 0 Å². The molecule has 1 aromatic rings. The minimum atomic E-state index is 0.628. The summed E-state index contributed by atoms with van der Waals surface area (Å²) in [6.07, 6.45) is 1.82. The normalized spacial score (nSPS) is 21.9. The molecule has 0 amide bonds. The molecule has 1 N–H and O–H groups in total. The first-order chi connectivity index (χ1) is 4.88. The predicted molar refractivity (Wildman–Crippen MR) is 41.1 cm³/mol. The highest BCUT2D eigenvalue weighted by molar-refractivity contribution is 5.50. The molecule has 1 aliphatic rings. The van der Waals surface area contributed by atoms with Gasteiger partial charge in [0.15, 0.2) is 0 Å². The maximum Gasteiger partial charge on any atom is 0.129 e. The standard InChI is InChI=1S/C8H10N2/c1-6-5-10-8-7(6)3-2-4-9-8/h2-4,6H,5H2,1H3,(H,9,10). The van der Waals surface area contributed by atoms with Crippen LogP contribution < -0.4 is 5.32 Å². The molecule has 0 spiro atoms. The Kier molecular flexibility index (Phi) is 1.13. The second kappa shape index (κ2) is 1.97. The monoisotopic (exact) mass is 134 g/mol. The smallest absolute Gasteiger partial charge is 0.129 e. The van der Waals surface area contributed by atoms with Crippen molar-refractivity contribution in [3.8, 4) is 0 Å². The minimum absolute atomic E-state index is 0.628. The number of aromatic nitrogens is 1.